The minimum Gasteiger partial charge on any atom is -0.398 e. The maximum atomic E-state index is 12.0. The number of carbonyl (C=O) groups is 2. The average molecular weight is 353 g/mol. The number of hydrogen-bond acceptors (Lipinski definition) is 3. The van der Waals surface area contributed by atoms with Crippen LogP contribution in [0.15, 0.2) is 42.5 Å². The fourth-order valence-corrected chi connectivity index (χ4v) is 2.96. The Labute approximate surface area is 154 Å². The third-order valence-corrected chi connectivity index (χ3v) is 4.44. The summed E-state index contributed by atoms with van der Waals surface area (Å²) in [4.78, 5) is 23.8. The molecule has 5 N–H and O–H groups in total. The third-order valence-electron chi connectivity index (χ3n) is 4.44. The number of benzene rings is 2. The highest BCUT2D eigenvalue weighted by atomic mass is 16.2. The van der Waals surface area contributed by atoms with Crippen molar-refractivity contribution in [1.29, 1.82) is 0 Å². The van der Waals surface area contributed by atoms with E-state index < -0.39 is 5.92 Å². The summed E-state index contributed by atoms with van der Waals surface area (Å²) in [6, 6.07) is 13.3. The minimum atomic E-state index is -0.421. The number of amides is 2. The standard InChI is InChI=1S/C21H27N3O2/c1-14-7-10-16(11-8-14)24-20(25)6-4-3-5-18(21(23)26)17-12-9-15(2)13-19(17)22/h7-13,18H,3-6,22H2,1-2H3,(H2,23,26)(H,24,25). The Hall–Kier alpha value is -2.82. The highest BCUT2D eigenvalue weighted by Crippen LogP contribution is 2.28. The molecule has 5 nitrogen and oxygen atoms in total. The van der Waals surface area contributed by atoms with Crippen LogP contribution in [-0.2, 0) is 9.59 Å². The van der Waals surface area contributed by atoms with Gasteiger partial charge in [-0.2, -0.15) is 0 Å². The molecule has 0 radical (unpaired) electrons. The maximum Gasteiger partial charge on any atom is 0.225 e. The minimum absolute atomic E-state index is 0.0284. The van der Waals surface area contributed by atoms with E-state index in [1.165, 1.54) is 0 Å². The van der Waals surface area contributed by atoms with Crippen LogP contribution < -0.4 is 16.8 Å². The highest BCUT2D eigenvalue weighted by molar-refractivity contribution is 5.90. The molecule has 5 heteroatoms. The molecule has 26 heavy (non-hydrogen) atoms. The van der Waals surface area contributed by atoms with E-state index in [0.29, 0.717) is 24.9 Å². The molecule has 0 aliphatic heterocycles. The monoisotopic (exact) mass is 353 g/mol. The van der Waals surface area contributed by atoms with Crippen LogP contribution in [0.1, 0.15) is 48.3 Å². The normalized spacial score (nSPS) is 11.8. The van der Waals surface area contributed by atoms with Crippen molar-refractivity contribution in [2.45, 2.75) is 45.4 Å². The fourth-order valence-electron chi connectivity index (χ4n) is 2.96. The van der Waals surface area contributed by atoms with Gasteiger partial charge in [0.25, 0.3) is 0 Å². The second kappa shape index (κ2) is 9.04. The average Bonchev–Trinajstić information content (AvgIpc) is 2.58. The molecule has 0 heterocycles. The van der Waals surface area contributed by atoms with E-state index >= 15 is 0 Å². The van der Waals surface area contributed by atoms with Gasteiger partial charge in [-0.05, 0) is 56.0 Å². The zero-order valence-electron chi connectivity index (χ0n) is 15.4. The van der Waals surface area contributed by atoms with Crippen LogP contribution in [0, 0.1) is 13.8 Å². The number of nitrogen functional groups attached to an aromatic ring is 1. The lowest BCUT2D eigenvalue weighted by Crippen LogP contribution is -2.22. The van der Waals surface area contributed by atoms with Gasteiger partial charge < -0.3 is 16.8 Å². The van der Waals surface area contributed by atoms with Gasteiger partial charge in [0.1, 0.15) is 0 Å². The molecule has 0 spiro atoms. The summed E-state index contributed by atoms with van der Waals surface area (Å²) >= 11 is 0. The van der Waals surface area contributed by atoms with Crippen molar-refractivity contribution >= 4 is 23.2 Å². The van der Waals surface area contributed by atoms with Crippen LogP contribution in [0.4, 0.5) is 11.4 Å². The zero-order valence-corrected chi connectivity index (χ0v) is 15.4. The summed E-state index contributed by atoms with van der Waals surface area (Å²) in [5.41, 5.74) is 15.9. The van der Waals surface area contributed by atoms with Crippen molar-refractivity contribution < 1.29 is 9.59 Å². The van der Waals surface area contributed by atoms with E-state index in [2.05, 4.69) is 5.32 Å². The Morgan fingerprint density at radius 1 is 1.00 bits per heavy atom. The number of anilines is 2. The van der Waals surface area contributed by atoms with E-state index in [9.17, 15) is 9.59 Å². The van der Waals surface area contributed by atoms with E-state index in [1.54, 1.807) is 0 Å². The number of rotatable bonds is 8. The predicted octanol–water partition coefficient (Wildman–Crippen LogP) is 3.65. The number of primary amides is 1. The molecule has 0 aliphatic rings. The van der Waals surface area contributed by atoms with Crippen molar-refractivity contribution in [3.8, 4) is 0 Å². The van der Waals surface area contributed by atoms with Crippen molar-refractivity contribution in [3.63, 3.8) is 0 Å². The van der Waals surface area contributed by atoms with Gasteiger partial charge in [-0.25, -0.2) is 0 Å². The molecule has 1 atom stereocenters. The fraction of sp³-hybridized carbons (Fsp3) is 0.333. The van der Waals surface area contributed by atoms with E-state index in [0.717, 1.165) is 28.8 Å². The van der Waals surface area contributed by atoms with Gasteiger partial charge in [-0.1, -0.05) is 36.2 Å². The predicted molar refractivity (Wildman–Crippen MR) is 106 cm³/mol. The van der Waals surface area contributed by atoms with Crippen molar-refractivity contribution in [2.75, 3.05) is 11.1 Å². The largest absolute Gasteiger partial charge is 0.398 e. The number of carbonyl (C=O) groups excluding carboxylic acids is 2. The number of nitrogens with two attached hydrogens (primary N) is 2. The first-order valence-electron chi connectivity index (χ1n) is 8.88. The van der Waals surface area contributed by atoms with Crippen molar-refractivity contribution in [1.82, 2.24) is 0 Å². The molecule has 0 bridgehead atoms. The lowest BCUT2D eigenvalue weighted by molar-refractivity contribution is -0.119. The first kappa shape index (κ1) is 19.5. The molecule has 2 amide bonds. The van der Waals surface area contributed by atoms with Gasteiger partial charge in [-0.3, -0.25) is 9.59 Å². The smallest absolute Gasteiger partial charge is 0.225 e. The molecular formula is C21H27N3O2. The summed E-state index contributed by atoms with van der Waals surface area (Å²) < 4.78 is 0. The van der Waals surface area contributed by atoms with Crippen LogP contribution in [0.25, 0.3) is 0 Å². The quantitative estimate of drug-likeness (QED) is 0.499. The first-order chi connectivity index (χ1) is 12.4. The Morgan fingerprint density at radius 2 is 1.65 bits per heavy atom. The van der Waals surface area contributed by atoms with Gasteiger partial charge in [0.2, 0.25) is 11.8 Å². The molecule has 1 unspecified atom stereocenters. The molecule has 2 aromatic rings. The molecule has 0 saturated carbocycles. The molecule has 138 valence electrons. The Bertz CT molecular complexity index is 769. The molecule has 0 saturated heterocycles. The number of nitrogens with one attached hydrogen (secondary N) is 1. The number of aryl methyl sites for hydroxylation is 2. The third kappa shape index (κ3) is 5.62. The summed E-state index contributed by atoms with van der Waals surface area (Å²) in [7, 11) is 0. The second-order valence-electron chi connectivity index (χ2n) is 6.75. The van der Waals surface area contributed by atoms with Crippen LogP contribution >= 0.6 is 0 Å². The zero-order chi connectivity index (χ0) is 19.1. The Balaban J connectivity index is 1.83. The van der Waals surface area contributed by atoms with Gasteiger partial charge in [0.05, 0.1) is 5.92 Å². The maximum absolute atomic E-state index is 12.0. The summed E-state index contributed by atoms with van der Waals surface area (Å²) in [6.45, 7) is 3.95. The van der Waals surface area contributed by atoms with Gasteiger partial charge in [-0.15, -0.1) is 0 Å². The van der Waals surface area contributed by atoms with Crippen LogP contribution in [0.3, 0.4) is 0 Å². The Morgan fingerprint density at radius 3 is 2.27 bits per heavy atom. The summed E-state index contributed by atoms with van der Waals surface area (Å²) in [5.74, 6) is -0.834. The molecule has 0 fully saturated rings. The van der Waals surface area contributed by atoms with E-state index in [-0.39, 0.29) is 11.8 Å². The van der Waals surface area contributed by atoms with Crippen LogP contribution in [0.2, 0.25) is 0 Å². The molecule has 2 aromatic carbocycles. The van der Waals surface area contributed by atoms with Crippen molar-refractivity contribution in [3.05, 3.63) is 59.2 Å². The second-order valence-corrected chi connectivity index (χ2v) is 6.75. The van der Waals surface area contributed by atoms with Crippen LogP contribution in [0.5, 0.6) is 0 Å². The molecule has 0 aliphatic carbocycles. The number of unbranched alkanes of at least 4 members (excludes halogenated alkanes) is 1. The van der Waals surface area contributed by atoms with Gasteiger partial charge >= 0.3 is 0 Å². The topological polar surface area (TPSA) is 98.2 Å². The SMILES string of the molecule is Cc1ccc(NC(=O)CCCCC(C(N)=O)c2ccc(C)cc2N)cc1. The highest BCUT2D eigenvalue weighted by Gasteiger charge is 2.20. The van der Waals surface area contributed by atoms with E-state index in [4.69, 9.17) is 11.5 Å². The van der Waals surface area contributed by atoms with Gasteiger partial charge in [0, 0.05) is 17.8 Å². The summed E-state index contributed by atoms with van der Waals surface area (Å²) in [6.07, 6.45) is 2.40. The van der Waals surface area contributed by atoms with Crippen LogP contribution in [-0.4, -0.2) is 11.8 Å². The lowest BCUT2D eigenvalue weighted by atomic mass is 9.90. The summed E-state index contributed by atoms with van der Waals surface area (Å²) in [5, 5.41) is 2.88. The van der Waals surface area contributed by atoms with E-state index in [1.807, 2.05) is 56.3 Å². The molecular weight excluding hydrogens is 326 g/mol. The Kier molecular flexibility index (Phi) is 6.78. The van der Waals surface area contributed by atoms with Gasteiger partial charge in [0.15, 0.2) is 0 Å². The first-order valence-corrected chi connectivity index (χ1v) is 8.88. The lowest BCUT2D eigenvalue weighted by Gasteiger charge is -2.16. The van der Waals surface area contributed by atoms with Crippen molar-refractivity contribution in [2.24, 2.45) is 5.73 Å². The molecule has 2 rings (SSSR count). The number of hydrogen-bond donors (Lipinski definition) is 3. The molecule has 0 aromatic heterocycles.